The maximum absolute atomic E-state index is 5.41. The van der Waals surface area contributed by atoms with Crippen LogP contribution in [0.2, 0.25) is 0 Å². The minimum atomic E-state index is 0.707. The van der Waals surface area contributed by atoms with E-state index in [2.05, 4.69) is 0 Å². The van der Waals surface area contributed by atoms with Crippen LogP contribution in [0.25, 0.3) is 11.3 Å². The fourth-order valence-electron chi connectivity index (χ4n) is 1.16. The molecule has 0 atom stereocenters. The Balaban J connectivity index is 2.54. The molecule has 0 aliphatic rings. The molecular weight excluding hydrogens is 182 g/mol. The van der Waals surface area contributed by atoms with Gasteiger partial charge in [0, 0.05) is 18.7 Å². The van der Waals surface area contributed by atoms with Gasteiger partial charge in [0.1, 0.15) is 4.64 Å². The smallest absolute Gasteiger partial charge is 0.165 e. The number of benzene rings is 1. The van der Waals surface area contributed by atoms with Gasteiger partial charge in [0.05, 0.1) is 0 Å². The highest BCUT2D eigenvalue weighted by Gasteiger charge is 2.01. The van der Waals surface area contributed by atoms with E-state index in [0.29, 0.717) is 4.64 Å². The highest BCUT2D eigenvalue weighted by atomic mass is 32.1. The van der Waals surface area contributed by atoms with Crippen LogP contribution in [0.15, 0.2) is 40.9 Å². The second-order valence-corrected chi connectivity index (χ2v) is 3.22. The van der Waals surface area contributed by atoms with Crippen LogP contribution in [0.5, 0.6) is 0 Å². The van der Waals surface area contributed by atoms with Crippen molar-refractivity contribution in [3.8, 4) is 11.3 Å². The molecule has 0 N–H and O–H groups in total. The number of aromatic nitrogens is 1. The van der Waals surface area contributed by atoms with E-state index >= 15 is 0 Å². The van der Waals surface area contributed by atoms with Crippen molar-refractivity contribution in [3.05, 3.63) is 41.0 Å². The molecule has 66 valence electrons. The summed E-state index contributed by atoms with van der Waals surface area (Å²) in [7, 11) is 1.80. The molecule has 0 spiro atoms. The number of aryl methyl sites for hydroxylation is 1. The Morgan fingerprint density at radius 3 is 2.46 bits per heavy atom. The summed E-state index contributed by atoms with van der Waals surface area (Å²) in [6, 6.07) is 11.8. The van der Waals surface area contributed by atoms with E-state index in [9.17, 15) is 0 Å². The first-order valence-electron chi connectivity index (χ1n) is 4.00. The molecule has 0 aliphatic heterocycles. The molecule has 0 unspecified atom stereocenters. The molecule has 0 fully saturated rings. The molecule has 0 radical (unpaired) electrons. The van der Waals surface area contributed by atoms with Gasteiger partial charge >= 0.3 is 0 Å². The molecule has 2 aromatic rings. The zero-order chi connectivity index (χ0) is 9.26. The Labute approximate surface area is 81.4 Å². The number of hydrogen-bond acceptors (Lipinski definition) is 2. The second-order valence-electron chi connectivity index (χ2n) is 2.80. The highest BCUT2D eigenvalue weighted by molar-refractivity contribution is 7.71. The Kier molecular flexibility index (Phi) is 2.02. The highest BCUT2D eigenvalue weighted by Crippen LogP contribution is 2.19. The molecule has 0 saturated carbocycles. The Morgan fingerprint density at radius 2 is 1.92 bits per heavy atom. The van der Waals surface area contributed by atoms with Gasteiger partial charge < -0.3 is 4.52 Å². The molecule has 1 aromatic carbocycles. The summed E-state index contributed by atoms with van der Waals surface area (Å²) in [5.41, 5.74) is 1.05. The van der Waals surface area contributed by atoms with Crippen LogP contribution in [0.3, 0.4) is 0 Å². The summed E-state index contributed by atoms with van der Waals surface area (Å²) in [6.45, 7) is 0. The van der Waals surface area contributed by atoms with Crippen molar-refractivity contribution in [1.29, 1.82) is 0 Å². The van der Waals surface area contributed by atoms with Crippen molar-refractivity contribution in [2.24, 2.45) is 7.05 Å². The predicted octanol–water partition coefficient (Wildman–Crippen LogP) is 3.01. The van der Waals surface area contributed by atoms with Gasteiger partial charge in [-0.1, -0.05) is 42.5 Å². The lowest BCUT2D eigenvalue weighted by molar-refractivity contribution is 0.312. The van der Waals surface area contributed by atoms with Crippen molar-refractivity contribution >= 4 is 12.2 Å². The lowest BCUT2D eigenvalue weighted by Crippen LogP contribution is -1.80. The Hall–Kier alpha value is -1.35. The molecule has 1 heterocycles. The van der Waals surface area contributed by atoms with Gasteiger partial charge in [-0.3, -0.25) is 0 Å². The lowest BCUT2D eigenvalue weighted by atomic mass is 10.2. The molecular formula is C10H9NOS. The van der Waals surface area contributed by atoms with Gasteiger partial charge in [0.2, 0.25) is 0 Å². The molecule has 2 rings (SSSR count). The maximum Gasteiger partial charge on any atom is 0.165 e. The summed E-state index contributed by atoms with van der Waals surface area (Å²) in [5.74, 6) is 0.813. The quantitative estimate of drug-likeness (QED) is 0.645. The van der Waals surface area contributed by atoms with Crippen LogP contribution < -0.4 is 0 Å². The number of hydrogen-bond donors (Lipinski definition) is 0. The average Bonchev–Trinajstić information content (AvgIpc) is 2.49. The monoisotopic (exact) mass is 191 g/mol. The molecule has 0 aliphatic carbocycles. The molecule has 0 saturated heterocycles. The van der Waals surface area contributed by atoms with E-state index in [1.54, 1.807) is 11.8 Å². The van der Waals surface area contributed by atoms with Crippen LogP contribution in [0, 0.1) is 4.64 Å². The summed E-state index contributed by atoms with van der Waals surface area (Å²) in [4.78, 5) is 0. The largest absolute Gasteiger partial charge is 0.378 e. The number of rotatable bonds is 1. The van der Waals surface area contributed by atoms with Crippen molar-refractivity contribution in [3.63, 3.8) is 0 Å². The van der Waals surface area contributed by atoms with Crippen LogP contribution in [0.4, 0.5) is 0 Å². The van der Waals surface area contributed by atoms with Gasteiger partial charge in [-0.15, -0.1) is 0 Å². The third-order valence-corrected chi connectivity index (χ3v) is 2.23. The van der Waals surface area contributed by atoms with Gasteiger partial charge in [-0.2, -0.15) is 0 Å². The van der Waals surface area contributed by atoms with Gasteiger partial charge in [-0.25, -0.2) is 4.74 Å². The van der Waals surface area contributed by atoms with Gasteiger partial charge in [0.15, 0.2) is 5.76 Å². The van der Waals surface area contributed by atoms with E-state index in [1.807, 2.05) is 36.4 Å². The van der Waals surface area contributed by atoms with Crippen molar-refractivity contribution in [2.45, 2.75) is 0 Å². The first-order chi connectivity index (χ1) is 6.27. The molecule has 2 nitrogen and oxygen atoms in total. The average molecular weight is 191 g/mol. The molecule has 1 aromatic heterocycles. The third-order valence-electron chi connectivity index (χ3n) is 1.86. The fourth-order valence-corrected chi connectivity index (χ4v) is 1.30. The second kappa shape index (κ2) is 3.18. The summed E-state index contributed by atoms with van der Waals surface area (Å²) in [5, 5.41) is 0. The molecule has 13 heavy (non-hydrogen) atoms. The number of nitrogens with zero attached hydrogens (tertiary/aromatic N) is 1. The van der Waals surface area contributed by atoms with E-state index in [1.165, 1.54) is 0 Å². The molecule has 0 bridgehead atoms. The predicted molar refractivity (Wildman–Crippen MR) is 53.9 cm³/mol. The summed E-state index contributed by atoms with van der Waals surface area (Å²) >= 11 is 5.04. The third kappa shape index (κ3) is 1.55. The first-order valence-corrected chi connectivity index (χ1v) is 4.41. The zero-order valence-corrected chi connectivity index (χ0v) is 8.04. The normalized spacial score (nSPS) is 10.2. The van der Waals surface area contributed by atoms with Crippen molar-refractivity contribution < 1.29 is 4.52 Å². The van der Waals surface area contributed by atoms with E-state index < -0.39 is 0 Å². The summed E-state index contributed by atoms with van der Waals surface area (Å²) in [6.07, 6.45) is 0. The molecule has 0 amide bonds. The SMILES string of the molecule is Cn1oc(-c2ccccc2)cc1=S. The van der Waals surface area contributed by atoms with Crippen LogP contribution >= 0.6 is 12.2 Å². The van der Waals surface area contributed by atoms with Crippen LogP contribution in [-0.2, 0) is 7.05 Å². The lowest BCUT2D eigenvalue weighted by Gasteiger charge is -1.93. The fraction of sp³-hybridized carbons (Fsp3) is 0.100. The van der Waals surface area contributed by atoms with Gasteiger partial charge in [0.25, 0.3) is 0 Å². The zero-order valence-electron chi connectivity index (χ0n) is 7.23. The van der Waals surface area contributed by atoms with Crippen molar-refractivity contribution in [2.75, 3.05) is 0 Å². The standard InChI is InChI=1S/C10H9NOS/c1-11-10(13)7-9(12-11)8-5-3-2-4-6-8/h2-7H,1H3. The minimum Gasteiger partial charge on any atom is -0.378 e. The Bertz CT molecular complexity index is 455. The van der Waals surface area contributed by atoms with Crippen LogP contribution in [0.1, 0.15) is 0 Å². The van der Waals surface area contributed by atoms with Crippen molar-refractivity contribution in [1.82, 2.24) is 4.74 Å². The van der Waals surface area contributed by atoms with E-state index in [-0.39, 0.29) is 0 Å². The van der Waals surface area contributed by atoms with Crippen LogP contribution in [-0.4, -0.2) is 4.74 Å². The summed E-state index contributed by atoms with van der Waals surface area (Å²) < 4.78 is 7.70. The maximum atomic E-state index is 5.41. The Morgan fingerprint density at radius 1 is 1.23 bits per heavy atom. The van der Waals surface area contributed by atoms with Gasteiger partial charge in [-0.05, 0) is 0 Å². The topological polar surface area (TPSA) is 18.1 Å². The van der Waals surface area contributed by atoms with E-state index in [0.717, 1.165) is 11.3 Å². The minimum absolute atomic E-state index is 0.707. The molecule has 3 heteroatoms. The first kappa shape index (κ1) is 8.26. The van der Waals surface area contributed by atoms with E-state index in [4.69, 9.17) is 16.7 Å².